The maximum Gasteiger partial charge on any atom is 0.240 e. The zero-order chi connectivity index (χ0) is 9.54. The quantitative estimate of drug-likeness (QED) is 0.723. The lowest BCUT2D eigenvalue weighted by Gasteiger charge is -2.34. The van der Waals surface area contributed by atoms with Crippen molar-refractivity contribution in [2.75, 3.05) is 6.54 Å². The Balaban J connectivity index is 1.58. The van der Waals surface area contributed by atoms with Gasteiger partial charge in [-0.2, -0.15) is 0 Å². The third-order valence-electron chi connectivity index (χ3n) is 3.77. The molecule has 0 spiro atoms. The lowest BCUT2D eigenvalue weighted by molar-refractivity contribution is -0.132. The average molecular weight is 194 g/mol. The van der Waals surface area contributed by atoms with E-state index in [0.29, 0.717) is 18.0 Å². The number of likely N-dealkylation sites (tertiary alicyclic amines) is 1. The van der Waals surface area contributed by atoms with Crippen LogP contribution in [0.5, 0.6) is 0 Å². The minimum absolute atomic E-state index is 0.156. The van der Waals surface area contributed by atoms with Gasteiger partial charge in [0.15, 0.2) is 0 Å². The lowest BCUT2D eigenvalue weighted by atomic mass is 9.92. The fraction of sp³-hybridized carbons (Fsp3) is 0.909. The van der Waals surface area contributed by atoms with Gasteiger partial charge in [0.25, 0.3) is 0 Å². The molecule has 3 aliphatic rings. The Bertz CT molecular complexity index is 246. The smallest absolute Gasteiger partial charge is 0.240 e. The van der Waals surface area contributed by atoms with Gasteiger partial charge in [-0.25, -0.2) is 0 Å². The van der Waals surface area contributed by atoms with Gasteiger partial charge < -0.3 is 10.2 Å². The Labute approximate surface area is 84.8 Å². The average Bonchev–Trinajstić information content (AvgIpc) is 2.82. The van der Waals surface area contributed by atoms with Crippen LogP contribution in [0.4, 0.5) is 0 Å². The molecular weight excluding hydrogens is 176 g/mol. The van der Waals surface area contributed by atoms with Crippen molar-refractivity contribution in [3.05, 3.63) is 0 Å². The van der Waals surface area contributed by atoms with Crippen LogP contribution in [0.3, 0.4) is 0 Å². The molecule has 78 valence electrons. The maximum absolute atomic E-state index is 12.0. The second-order valence-corrected chi connectivity index (χ2v) is 4.90. The molecule has 1 aliphatic heterocycles. The minimum atomic E-state index is 0.156. The number of nitrogens with zero attached hydrogens (tertiary/aromatic N) is 1. The molecule has 14 heavy (non-hydrogen) atoms. The van der Waals surface area contributed by atoms with Gasteiger partial charge in [0.1, 0.15) is 0 Å². The van der Waals surface area contributed by atoms with Crippen molar-refractivity contribution in [3.63, 3.8) is 0 Å². The van der Waals surface area contributed by atoms with E-state index >= 15 is 0 Å². The summed E-state index contributed by atoms with van der Waals surface area (Å²) in [4.78, 5) is 14.1. The molecular formula is C11H18N2O. The van der Waals surface area contributed by atoms with Crippen LogP contribution >= 0.6 is 0 Å². The van der Waals surface area contributed by atoms with Crippen molar-refractivity contribution < 1.29 is 4.79 Å². The highest BCUT2D eigenvalue weighted by Crippen LogP contribution is 2.29. The number of hydrogen-bond donors (Lipinski definition) is 1. The first-order valence-electron chi connectivity index (χ1n) is 5.91. The molecule has 1 atom stereocenters. The van der Waals surface area contributed by atoms with Crippen LogP contribution in [0.1, 0.15) is 38.5 Å². The Morgan fingerprint density at radius 3 is 2.50 bits per heavy atom. The van der Waals surface area contributed by atoms with Crippen LogP contribution in [0.2, 0.25) is 0 Å². The molecule has 1 amide bonds. The van der Waals surface area contributed by atoms with E-state index in [1.165, 1.54) is 32.1 Å². The third kappa shape index (κ3) is 1.44. The van der Waals surface area contributed by atoms with Gasteiger partial charge in [-0.05, 0) is 38.5 Å². The van der Waals surface area contributed by atoms with Crippen molar-refractivity contribution in [1.82, 2.24) is 10.2 Å². The molecule has 3 rings (SSSR count). The Morgan fingerprint density at radius 1 is 1.14 bits per heavy atom. The van der Waals surface area contributed by atoms with Crippen molar-refractivity contribution in [1.29, 1.82) is 0 Å². The fourth-order valence-corrected chi connectivity index (χ4v) is 2.45. The second kappa shape index (κ2) is 3.23. The van der Waals surface area contributed by atoms with E-state index in [1.807, 2.05) is 0 Å². The van der Waals surface area contributed by atoms with Gasteiger partial charge >= 0.3 is 0 Å². The summed E-state index contributed by atoms with van der Waals surface area (Å²) in [5, 5.41) is 3.44. The van der Waals surface area contributed by atoms with Crippen molar-refractivity contribution >= 4 is 5.91 Å². The molecule has 0 aromatic rings. The molecule has 1 saturated heterocycles. The summed E-state index contributed by atoms with van der Waals surface area (Å²) in [6.45, 7) is 0.994. The van der Waals surface area contributed by atoms with Gasteiger partial charge in [0, 0.05) is 18.6 Å². The van der Waals surface area contributed by atoms with Crippen LogP contribution in [-0.4, -0.2) is 35.5 Å². The van der Waals surface area contributed by atoms with Crippen molar-refractivity contribution in [2.45, 2.75) is 56.7 Å². The zero-order valence-electron chi connectivity index (χ0n) is 8.54. The third-order valence-corrected chi connectivity index (χ3v) is 3.77. The summed E-state index contributed by atoms with van der Waals surface area (Å²) in [5.41, 5.74) is 0. The molecule has 1 N–H and O–H groups in total. The molecule has 0 aromatic heterocycles. The number of carbonyl (C=O) groups is 1. The largest absolute Gasteiger partial charge is 0.338 e. The summed E-state index contributed by atoms with van der Waals surface area (Å²) in [6, 6.07) is 1.40. The standard InChI is InChI=1S/C11H18N2O/c14-11-10(12-8-4-5-8)6-7-13(11)9-2-1-3-9/h8-10,12H,1-7H2. The van der Waals surface area contributed by atoms with E-state index in [-0.39, 0.29) is 6.04 Å². The normalized spacial score (nSPS) is 33.6. The van der Waals surface area contributed by atoms with Gasteiger partial charge in [-0.3, -0.25) is 4.79 Å². The second-order valence-electron chi connectivity index (χ2n) is 4.90. The van der Waals surface area contributed by atoms with Crippen molar-refractivity contribution in [3.8, 4) is 0 Å². The summed E-state index contributed by atoms with van der Waals surface area (Å²) < 4.78 is 0. The predicted octanol–water partition coefficient (Wildman–Crippen LogP) is 0.892. The molecule has 0 bridgehead atoms. The summed E-state index contributed by atoms with van der Waals surface area (Å²) in [6.07, 6.45) is 7.37. The lowest BCUT2D eigenvalue weighted by Crippen LogP contribution is -2.45. The van der Waals surface area contributed by atoms with Crippen LogP contribution < -0.4 is 5.32 Å². The monoisotopic (exact) mass is 194 g/mol. The van der Waals surface area contributed by atoms with E-state index in [4.69, 9.17) is 0 Å². The van der Waals surface area contributed by atoms with E-state index in [2.05, 4.69) is 10.2 Å². The molecule has 2 saturated carbocycles. The van der Waals surface area contributed by atoms with E-state index in [0.717, 1.165) is 13.0 Å². The van der Waals surface area contributed by atoms with Gasteiger partial charge in [0.2, 0.25) is 5.91 Å². The highest BCUT2D eigenvalue weighted by molar-refractivity contribution is 5.84. The Hall–Kier alpha value is -0.570. The Morgan fingerprint density at radius 2 is 1.93 bits per heavy atom. The molecule has 3 heteroatoms. The first kappa shape index (κ1) is 8.72. The van der Waals surface area contributed by atoms with E-state index in [9.17, 15) is 4.79 Å². The predicted molar refractivity (Wildman–Crippen MR) is 53.9 cm³/mol. The van der Waals surface area contributed by atoms with Gasteiger partial charge in [-0.1, -0.05) is 0 Å². The summed E-state index contributed by atoms with van der Waals surface area (Å²) in [7, 11) is 0. The first-order valence-corrected chi connectivity index (χ1v) is 5.91. The highest BCUT2D eigenvalue weighted by atomic mass is 16.2. The van der Waals surface area contributed by atoms with Crippen molar-refractivity contribution in [2.24, 2.45) is 0 Å². The van der Waals surface area contributed by atoms with Crippen LogP contribution in [0.15, 0.2) is 0 Å². The number of carbonyl (C=O) groups excluding carboxylic acids is 1. The molecule has 1 unspecified atom stereocenters. The molecule has 3 fully saturated rings. The van der Waals surface area contributed by atoms with Gasteiger partial charge in [0.05, 0.1) is 6.04 Å². The number of hydrogen-bond acceptors (Lipinski definition) is 2. The van der Waals surface area contributed by atoms with Crippen LogP contribution in [0.25, 0.3) is 0 Å². The fourth-order valence-electron chi connectivity index (χ4n) is 2.45. The number of rotatable bonds is 3. The maximum atomic E-state index is 12.0. The molecule has 0 aromatic carbocycles. The number of amides is 1. The molecule has 3 nitrogen and oxygen atoms in total. The zero-order valence-corrected chi connectivity index (χ0v) is 8.54. The molecule has 1 heterocycles. The summed E-state index contributed by atoms with van der Waals surface area (Å²) >= 11 is 0. The number of nitrogens with one attached hydrogen (secondary N) is 1. The topological polar surface area (TPSA) is 32.3 Å². The SMILES string of the molecule is O=C1C(NC2CC2)CCN1C1CCC1. The van der Waals surface area contributed by atoms with Crippen LogP contribution in [-0.2, 0) is 4.79 Å². The highest BCUT2D eigenvalue weighted by Gasteiger charge is 2.39. The molecule has 2 aliphatic carbocycles. The van der Waals surface area contributed by atoms with Gasteiger partial charge in [-0.15, -0.1) is 0 Å². The van der Waals surface area contributed by atoms with E-state index in [1.54, 1.807) is 0 Å². The summed E-state index contributed by atoms with van der Waals surface area (Å²) in [5.74, 6) is 0.376. The Kier molecular flexibility index (Phi) is 2.01. The first-order chi connectivity index (χ1) is 6.84. The van der Waals surface area contributed by atoms with Crippen LogP contribution in [0, 0.1) is 0 Å². The minimum Gasteiger partial charge on any atom is -0.338 e. The molecule has 0 radical (unpaired) electrons. The van der Waals surface area contributed by atoms with E-state index < -0.39 is 0 Å².